The van der Waals surface area contributed by atoms with Crippen LogP contribution in [0.3, 0.4) is 0 Å². The highest BCUT2D eigenvalue weighted by molar-refractivity contribution is 6.01. The van der Waals surface area contributed by atoms with Gasteiger partial charge in [0.1, 0.15) is 5.65 Å². The van der Waals surface area contributed by atoms with Crippen LogP contribution in [-0.2, 0) is 32.5 Å². The van der Waals surface area contributed by atoms with E-state index in [1.165, 1.54) is 12.1 Å². The molecule has 0 spiro atoms. The van der Waals surface area contributed by atoms with Crippen LogP contribution in [0, 0.1) is 19.7 Å². The molecule has 0 bridgehead atoms. The molecule has 0 unspecified atom stereocenters. The van der Waals surface area contributed by atoms with Gasteiger partial charge in [0.25, 0.3) is 0 Å². The summed E-state index contributed by atoms with van der Waals surface area (Å²) in [6.07, 6.45) is 4.31. The van der Waals surface area contributed by atoms with Crippen molar-refractivity contribution in [1.82, 2.24) is 9.55 Å². The standard InChI is InChI=1S/C32H39FN2O6/c1-18-22-11-9-15-40-28(22)25(33)17-23(18)27-24-16-20(12-13-21(36)10-8-14-39-7)35(6)30(24)34-19(2)26(27)29(31(37)38)41-32(3,4)5/h12-13,16-17,29H,8-11,14-15H2,1-7H3,(H,37,38)/b13-12+/t29-/m0/s1. The largest absolute Gasteiger partial charge is 0.490 e. The Kier molecular flexibility index (Phi) is 8.99. The fourth-order valence-electron chi connectivity index (χ4n) is 5.40. The normalized spacial score (nSPS) is 14.3. The van der Waals surface area contributed by atoms with Crippen LogP contribution in [0.5, 0.6) is 5.75 Å². The van der Waals surface area contributed by atoms with Crippen LogP contribution in [0.25, 0.3) is 28.2 Å². The minimum atomic E-state index is -1.35. The third-order valence-corrected chi connectivity index (χ3v) is 7.32. The molecule has 0 radical (unpaired) electrons. The summed E-state index contributed by atoms with van der Waals surface area (Å²) in [6.45, 7) is 9.99. The number of ketones is 1. The topological polar surface area (TPSA) is 99.9 Å². The number of carbonyl (C=O) groups excluding carboxylic acids is 1. The maximum atomic E-state index is 15.5. The molecule has 220 valence electrons. The lowest BCUT2D eigenvalue weighted by molar-refractivity contribution is -0.160. The SMILES string of the molecule is COCCCC(=O)/C=C/c1cc2c(-c3cc(F)c4c(c3C)CCCO4)c([C@H](OC(C)(C)C)C(=O)O)c(C)nc2n1C. The first kappa shape index (κ1) is 30.4. The fraction of sp³-hybridized carbons (Fsp3) is 0.469. The number of hydrogen-bond acceptors (Lipinski definition) is 6. The third-order valence-electron chi connectivity index (χ3n) is 7.32. The number of carbonyl (C=O) groups is 2. The number of aryl methyl sites for hydroxylation is 2. The van der Waals surface area contributed by atoms with Crippen molar-refractivity contribution >= 4 is 28.9 Å². The van der Waals surface area contributed by atoms with E-state index in [0.29, 0.717) is 71.6 Å². The second-order valence-electron chi connectivity index (χ2n) is 11.5. The van der Waals surface area contributed by atoms with E-state index in [0.717, 1.165) is 17.5 Å². The Bertz CT molecular complexity index is 1520. The highest BCUT2D eigenvalue weighted by Gasteiger charge is 2.34. The first-order valence-corrected chi connectivity index (χ1v) is 13.9. The lowest BCUT2D eigenvalue weighted by Crippen LogP contribution is -2.28. The number of methoxy groups -OCH3 is 1. The third kappa shape index (κ3) is 6.36. The zero-order chi connectivity index (χ0) is 30.1. The van der Waals surface area contributed by atoms with Crippen molar-refractivity contribution < 1.29 is 33.3 Å². The first-order chi connectivity index (χ1) is 19.3. The molecule has 0 fully saturated rings. The number of fused-ring (bicyclic) bond motifs is 2. The van der Waals surface area contributed by atoms with Gasteiger partial charge in [-0.3, -0.25) is 4.79 Å². The van der Waals surface area contributed by atoms with Crippen LogP contribution < -0.4 is 4.74 Å². The van der Waals surface area contributed by atoms with Gasteiger partial charge in [-0.2, -0.15) is 0 Å². The molecular weight excluding hydrogens is 527 g/mol. The van der Waals surface area contributed by atoms with Crippen molar-refractivity contribution in [2.75, 3.05) is 20.3 Å². The summed E-state index contributed by atoms with van der Waals surface area (Å²) in [5, 5.41) is 11.0. The molecule has 1 N–H and O–H groups in total. The van der Waals surface area contributed by atoms with Gasteiger partial charge in [-0.1, -0.05) is 0 Å². The highest BCUT2D eigenvalue weighted by atomic mass is 19.1. The molecule has 4 rings (SSSR count). The van der Waals surface area contributed by atoms with Crippen LogP contribution in [-0.4, -0.2) is 52.3 Å². The molecule has 3 heterocycles. The molecule has 9 heteroatoms. The predicted octanol–water partition coefficient (Wildman–Crippen LogP) is 6.27. The van der Waals surface area contributed by atoms with Crippen LogP contribution in [0.4, 0.5) is 4.39 Å². The second kappa shape index (κ2) is 12.1. The van der Waals surface area contributed by atoms with Gasteiger partial charge in [0.2, 0.25) is 0 Å². The number of halogens is 1. The van der Waals surface area contributed by atoms with Crippen molar-refractivity contribution in [3.8, 4) is 16.9 Å². The number of ether oxygens (including phenoxy) is 3. The molecule has 1 aliphatic heterocycles. The molecule has 0 saturated heterocycles. The average Bonchev–Trinajstić information content (AvgIpc) is 3.22. The van der Waals surface area contributed by atoms with Gasteiger partial charge in [-0.25, -0.2) is 14.2 Å². The molecule has 0 saturated carbocycles. The number of benzene rings is 1. The van der Waals surface area contributed by atoms with Crippen LogP contribution >= 0.6 is 0 Å². The van der Waals surface area contributed by atoms with Crippen molar-refractivity contribution in [3.63, 3.8) is 0 Å². The number of nitrogens with zero attached hydrogens (tertiary/aromatic N) is 2. The summed E-state index contributed by atoms with van der Waals surface area (Å²) >= 11 is 0. The molecule has 1 atom stereocenters. The van der Waals surface area contributed by atoms with Gasteiger partial charge in [0, 0.05) is 60.6 Å². The fourth-order valence-corrected chi connectivity index (χ4v) is 5.40. The van der Waals surface area contributed by atoms with Gasteiger partial charge >= 0.3 is 5.97 Å². The molecular formula is C32H39FN2O6. The summed E-state index contributed by atoms with van der Waals surface area (Å²) in [6, 6.07) is 3.29. The summed E-state index contributed by atoms with van der Waals surface area (Å²) in [7, 11) is 3.43. The first-order valence-electron chi connectivity index (χ1n) is 13.9. The number of hydrogen-bond donors (Lipinski definition) is 1. The van der Waals surface area contributed by atoms with E-state index in [-0.39, 0.29) is 11.5 Å². The molecule has 0 aliphatic carbocycles. The van der Waals surface area contributed by atoms with E-state index in [9.17, 15) is 14.7 Å². The molecule has 8 nitrogen and oxygen atoms in total. The second-order valence-corrected chi connectivity index (χ2v) is 11.5. The van der Waals surface area contributed by atoms with Gasteiger partial charge in [-0.15, -0.1) is 0 Å². The summed E-state index contributed by atoms with van der Waals surface area (Å²) in [5.74, 6) is -1.43. The molecule has 1 aromatic carbocycles. The van der Waals surface area contributed by atoms with Gasteiger partial charge in [0.15, 0.2) is 23.5 Å². The number of pyridine rings is 1. The van der Waals surface area contributed by atoms with E-state index < -0.39 is 23.5 Å². The zero-order valence-electron chi connectivity index (χ0n) is 24.9. The Morgan fingerprint density at radius 3 is 2.66 bits per heavy atom. The van der Waals surface area contributed by atoms with E-state index in [4.69, 9.17) is 19.2 Å². The van der Waals surface area contributed by atoms with Gasteiger partial charge in [-0.05, 0) is 89.3 Å². The molecule has 2 aromatic heterocycles. The van der Waals surface area contributed by atoms with Crippen LogP contribution in [0.15, 0.2) is 18.2 Å². The number of allylic oxidation sites excluding steroid dienone is 1. The minimum Gasteiger partial charge on any atom is -0.490 e. The number of aliphatic carboxylic acids is 1. The average molecular weight is 567 g/mol. The van der Waals surface area contributed by atoms with E-state index in [1.807, 2.05) is 24.6 Å². The predicted molar refractivity (Wildman–Crippen MR) is 156 cm³/mol. The zero-order valence-corrected chi connectivity index (χ0v) is 24.9. The number of rotatable bonds is 10. The highest BCUT2D eigenvalue weighted by Crippen LogP contribution is 2.44. The summed E-state index contributed by atoms with van der Waals surface area (Å²) in [4.78, 5) is 29.9. The van der Waals surface area contributed by atoms with Crippen molar-refractivity contribution in [2.24, 2.45) is 7.05 Å². The molecule has 1 aliphatic rings. The lowest BCUT2D eigenvalue weighted by Gasteiger charge is -2.29. The number of carboxylic acids is 1. The maximum absolute atomic E-state index is 15.5. The van der Waals surface area contributed by atoms with Gasteiger partial charge in [0.05, 0.1) is 12.2 Å². The Hall–Kier alpha value is -3.56. The van der Waals surface area contributed by atoms with Crippen LogP contribution in [0.2, 0.25) is 0 Å². The monoisotopic (exact) mass is 566 g/mol. The maximum Gasteiger partial charge on any atom is 0.337 e. The van der Waals surface area contributed by atoms with E-state index in [2.05, 4.69) is 0 Å². The Morgan fingerprint density at radius 2 is 2.00 bits per heavy atom. The molecule has 3 aromatic rings. The summed E-state index contributed by atoms with van der Waals surface area (Å²) in [5.41, 5.74) is 4.06. The van der Waals surface area contributed by atoms with Crippen LogP contribution in [0.1, 0.15) is 74.2 Å². The van der Waals surface area contributed by atoms with E-state index >= 15 is 4.39 Å². The summed E-state index contributed by atoms with van der Waals surface area (Å²) < 4.78 is 34.2. The van der Waals surface area contributed by atoms with E-state index in [1.54, 1.807) is 40.9 Å². The number of aromatic nitrogens is 2. The Morgan fingerprint density at radius 1 is 1.27 bits per heavy atom. The lowest BCUT2D eigenvalue weighted by atomic mass is 9.86. The molecule has 0 amide bonds. The smallest absolute Gasteiger partial charge is 0.337 e. The van der Waals surface area contributed by atoms with Crippen molar-refractivity contribution in [2.45, 2.75) is 72.0 Å². The quantitative estimate of drug-likeness (QED) is 0.228. The Balaban J connectivity index is 2.01. The molecule has 41 heavy (non-hydrogen) atoms. The van der Waals surface area contributed by atoms with Crippen molar-refractivity contribution in [3.05, 3.63) is 52.1 Å². The van der Waals surface area contributed by atoms with Crippen molar-refractivity contribution in [1.29, 1.82) is 0 Å². The minimum absolute atomic E-state index is 0.0329. The Labute approximate surface area is 240 Å². The van der Waals surface area contributed by atoms with Gasteiger partial charge < -0.3 is 23.9 Å². The number of carboxylic acid groups (broad SMARTS) is 1.